The average molecular weight is 507 g/mol. The molecule has 1 saturated carbocycles. The minimum Gasteiger partial charge on any atom is -0.396 e. The second-order valence-corrected chi connectivity index (χ2v) is 13.1. The van der Waals surface area contributed by atoms with Crippen LogP contribution in [0.3, 0.4) is 0 Å². The van der Waals surface area contributed by atoms with Gasteiger partial charge in [-0.25, -0.2) is 9.97 Å². The first-order chi connectivity index (χ1) is 15.9. The molecule has 8 nitrogen and oxygen atoms in total. The minimum absolute atomic E-state index is 0.0365. The zero-order chi connectivity index (χ0) is 24.9. The number of carbonyl (C=O) groups is 2. The number of anilines is 2. The Morgan fingerprint density at radius 3 is 2.59 bits per heavy atom. The van der Waals surface area contributed by atoms with Crippen LogP contribution < -0.4 is 10.6 Å². The summed E-state index contributed by atoms with van der Waals surface area (Å²) < 4.78 is 0. The lowest BCUT2D eigenvalue weighted by Crippen LogP contribution is -2.57. The van der Waals surface area contributed by atoms with Crippen molar-refractivity contribution < 1.29 is 19.8 Å². The van der Waals surface area contributed by atoms with E-state index in [1.807, 2.05) is 33.1 Å². The summed E-state index contributed by atoms with van der Waals surface area (Å²) in [5.74, 6) is -0.504. The number of nitrogens with one attached hydrogen (secondary N) is 2. The third kappa shape index (κ3) is 4.41. The maximum Gasteiger partial charge on any atom is 0.231 e. The van der Waals surface area contributed by atoms with Crippen molar-refractivity contribution >= 4 is 44.8 Å². The molecule has 10 heteroatoms. The Morgan fingerprint density at radius 1 is 1.24 bits per heavy atom. The van der Waals surface area contributed by atoms with E-state index in [0.29, 0.717) is 23.1 Å². The van der Waals surface area contributed by atoms with Gasteiger partial charge < -0.3 is 20.8 Å². The summed E-state index contributed by atoms with van der Waals surface area (Å²) in [4.78, 5) is 35.7. The molecule has 0 radical (unpaired) electrons. The van der Waals surface area contributed by atoms with Crippen molar-refractivity contribution in [1.82, 2.24) is 9.97 Å². The van der Waals surface area contributed by atoms with Crippen molar-refractivity contribution in [2.24, 2.45) is 22.2 Å². The van der Waals surface area contributed by atoms with Gasteiger partial charge in [-0.2, -0.15) is 0 Å². The molecule has 0 aromatic carbocycles. The number of hydrogen-bond donors (Lipinski definition) is 4. The molecule has 0 bridgehead atoms. The fraction of sp³-hybridized carbons (Fsp3) is 0.667. The number of rotatable bonds is 5. The molecule has 2 heterocycles. The number of carbonyl (C=O) groups excluding carboxylic acids is 2. The van der Waals surface area contributed by atoms with Gasteiger partial charge in [0.05, 0.1) is 18.4 Å². The van der Waals surface area contributed by atoms with E-state index in [4.69, 9.17) is 4.98 Å². The molecule has 186 valence electrons. The second kappa shape index (κ2) is 8.96. The number of aromatic nitrogens is 2. The number of hydrogen-bond acceptors (Lipinski definition) is 8. The fourth-order valence-corrected chi connectivity index (χ4v) is 7.23. The molecule has 0 unspecified atom stereocenters. The van der Waals surface area contributed by atoms with Crippen LogP contribution in [-0.4, -0.2) is 44.7 Å². The molecule has 2 aliphatic carbocycles. The molecule has 4 rings (SSSR count). The van der Waals surface area contributed by atoms with Crippen LogP contribution in [0.1, 0.15) is 70.4 Å². The summed E-state index contributed by atoms with van der Waals surface area (Å²) in [5.41, 5.74) is -0.742. The largest absolute Gasteiger partial charge is 0.396 e. The molecular weight excluding hydrogens is 472 g/mol. The van der Waals surface area contributed by atoms with Gasteiger partial charge in [-0.1, -0.05) is 34.6 Å². The van der Waals surface area contributed by atoms with Crippen molar-refractivity contribution in [3.05, 3.63) is 22.1 Å². The highest BCUT2D eigenvalue weighted by Gasteiger charge is 2.59. The zero-order valence-electron chi connectivity index (χ0n) is 20.3. The normalized spacial score (nSPS) is 30.9. The quantitative estimate of drug-likeness (QED) is 0.485. The summed E-state index contributed by atoms with van der Waals surface area (Å²) >= 11 is 2.80. The maximum atomic E-state index is 13.1. The van der Waals surface area contributed by atoms with Gasteiger partial charge in [0.25, 0.3) is 0 Å². The van der Waals surface area contributed by atoms with Crippen LogP contribution in [-0.2, 0) is 16.0 Å². The third-order valence-electron chi connectivity index (χ3n) is 7.86. The highest BCUT2D eigenvalue weighted by Crippen LogP contribution is 2.62. The predicted molar refractivity (Wildman–Crippen MR) is 134 cm³/mol. The highest BCUT2D eigenvalue weighted by atomic mass is 32.1. The summed E-state index contributed by atoms with van der Waals surface area (Å²) in [6.45, 7) is 9.53. The maximum absolute atomic E-state index is 13.1. The SMILES string of the molecule is CC(C)(C)C(=O)Nc1nc2c(s1)C[C@@H]1[C@](C)(CO)[C@H](O)CC[C@@]1(C)[C@@H]2CC(=O)Nc1nccs1. The van der Waals surface area contributed by atoms with Crippen molar-refractivity contribution in [2.45, 2.75) is 72.3 Å². The smallest absolute Gasteiger partial charge is 0.231 e. The van der Waals surface area contributed by atoms with E-state index in [0.717, 1.165) is 17.0 Å². The molecule has 1 fully saturated rings. The van der Waals surface area contributed by atoms with Crippen LogP contribution in [0.2, 0.25) is 0 Å². The van der Waals surface area contributed by atoms with Gasteiger partial charge in [-0.05, 0) is 30.6 Å². The molecule has 0 spiro atoms. The fourth-order valence-electron chi connectivity index (χ4n) is 5.62. The number of nitrogens with zero attached hydrogens (tertiary/aromatic N) is 2. The second-order valence-electron chi connectivity index (χ2n) is 11.2. The Labute approximate surface area is 208 Å². The molecule has 34 heavy (non-hydrogen) atoms. The van der Waals surface area contributed by atoms with Crippen LogP contribution in [0.4, 0.5) is 10.3 Å². The number of amides is 2. The molecule has 0 aliphatic heterocycles. The van der Waals surface area contributed by atoms with Gasteiger partial charge in [0.15, 0.2) is 10.3 Å². The number of thiazole rings is 2. The van der Waals surface area contributed by atoms with Crippen molar-refractivity contribution in [2.75, 3.05) is 17.2 Å². The van der Waals surface area contributed by atoms with Crippen LogP contribution >= 0.6 is 22.7 Å². The Kier molecular flexibility index (Phi) is 6.65. The van der Waals surface area contributed by atoms with Gasteiger partial charge >= 0.3 is 0 Å². The van der Waals surface area contributed by atoms with Gasteiger partial charge in [0.2, 0.25) is 11.8 Å². The first kappa shape index (κ1) is 25.2. The first-order valence-corrected chi connectivity index (χ1v) is 13.4. The lowest BCUT2D eigenvalue weighted by molar-refractivity contribution is -0.143. The molecule has 4 N–H and O–H groups in total. The van der Waals surface area contributed by atoms with Crippen LogP contribution in [0, 0.1) is 22.2 Å². The standard InChI is InChI=1S/C24H34N4O4S2/c1-22(2,3)19(32)28-21-27-18-13(10-17(31)26-20-25-8-9-33-20)23(4)7-6-16(30)24(5,12-29)15(23)11-14(18)34-21/h8-9,13,15-16,29-30H,6-7,10-12H2,1-5H3,(H,25,26,31)(H,27,28,32)/t13-,15+,16-,23+,24+/m1/s1. The van der Waals surface area contributed by atoms with E-state index < -0.39 is 16.9 Å². The van der Waals surface area contributed by atoms with Gasteiger partial charge in [0.1, 0.15) is 0 Å². The van der Waals surface area contributed by atoms with Crippen molar-refractivity contribution in [3.8, 4) is 0 Å². The third-order valence-corrected chi connectivity index (χ3v) is 9.56. The first-order valence-electron chi connectivity index (χ1n) is 11.7. The molecule has 2 aliphatic rings. The Morgan fingerprint density at radius 2 is 1.97 bits per heavy atom. The molecule has 2 aromatic rings. The average Bonchev–Trinajstić information content (AvgIpc) is 3.41. The Bertz CT molecular complexity index is 1060. The van der Waals surface area contributed by atoms with Gasteiger partial charge in [0, 0.05) is 39.6 Å². The molecule has 5 atom stereocenters. The number of fused-ring (bicyclic) bond motifs is 2. The summed E-state index contributed by atoms with van der Waals surface area (Å²) in [6.07, 6.45) is 3.18. The van der Waals surface area contributed by atoms with E-state index in [1.165, 1.54) is 22.7 Å². The van der Waals surface area contributed by atoms with Crippen LogP contribution in [0.25, 0.3) is 0 Å². The van der Waals surface area contributed by atoms with E-state index >= 15 is 0 Å². The van der Waals surface area contributed by atoms with E-state index in [2.05, 4.69) is 22.5 Å². The van der Waals surface area contributed by atoms with E-state index in [-0.39, 0.29) is 42.1 Å². The lowest BCUT2D eigenvalue weighted by Gasteiger charge is -2.58. The van der Waals surface area contributed by atoms with E-state index in [9.17, 15) is 19.8 Å². The Balaban J connectivity index is 1.72. The summed E-state index contributed by atoms with van der Waals surface area (Å²) in [6, 6.07) is 0. The van der Waals surface area contributed by atoms with Gasteiger partial charge in [-0.3, -0.25) is 9.59 Å². The van der Waals surface area contributed by atoms with Crippen LogP contribution in [0.5, 0.6) is 0 Å². The minimum atomic E-state index is -0.687. The predicted octanol–water partition coefficient (Wildman–Crippen LogP) is 4.03. The van der Waals surface area contributed by atoms with Crippen molar-refractivity contribution in [1.29, 1.82) is 0 Å². The lowest BCUT2D eigenvalue weighted by atomic mass is 9.47. The highest BCUT2D eigenvalue weighted by molar-refractivity contribution is 7.16. The number of aliphatic hydroxyl groups excluding tert-OH is 2. The zero-order valence-corrected chi connectivity index (χ0v) is 22.0. The van der Waals surface area contributed by atoms with Gasteiger partial charge in [-0.15, -0.1) is 22.7 Å². The van der Waals surface area contributed by atoms with Crippen LogP contribution in [0.15, 0.2) is 11.6 Å². The van der Waals surface area contributed by atoms with Crippen molar-refractivity contribution in [3.63, 3.8) is 0 Å². The topological polar surface area (TPSA) is 124 Å². The molecule has 2 aromatic heterocycles. The Hall–Kier alpha value is -1.88. The summed E-state index contributed by atoms with van der Waals surface area (Å²) in [7, 11) is 0. The molecular formula is C24H34N4O4S2. The monoisotopic (exact) mass is 506 g/mol. The van der Waals surface area contributed by atoms with E-state index in [1.54, 1.807) is 6.20 Å². The molecule has 0 saturated heterocycles. The molecule has 2 amide bonds. The number of aliphatic hydroxyl groups is 2. The summed E-state index contributed by atoms with van der Waals surface area (Å²) in [5, 5.41) is 30.0.